The van der Waals surface area contributed by atoms with Crippen LogP contribution in [0.1, 0.15) is 65.6 Å². The lowest BCUT2D eigenvalue weighted by molar-refractivity contribution is -0.138. The molecular formula is C36H43N3O5. The van der Waals surface area contributed by atoms with Gasteiger partial charge in [-0.15, -0.1) is 0 Å². The molecule has 1 saturated carbocycles. The molecule has 0 unspecified atom stereocenters. The van der Waals surface area contributed by atoms with Gasteiger partial charge in [0.05, 0.1) is 26.7 Å². The Morgan fingerprint density at radius 1 is 0.841 bits per heavy atom. The predicted octanol–water partition coefficient (Wildman–Crippen LogP) is 5.32. The van der Waals surface area contributed by atoms with Gasteiger partial charge in [-0.2, -0.15) is 0 Å². The molecule has 1 heterocycles. The molecule has 0 aromatic heterocycles. The van der Waals surface area contributed by atoms with Crippen molar-refractivity contribution in [2.45, 2.75) is 76.5 Å². The first-order valence-electron chi connectivity index (χ1n) is 15.6. The summed E-state index contributed by atoms with van der Waals surface area (Å²) >= 11 is 0. The molecule has 3 aromatic carbocycles. The maximum atomic E-state index is 14.1. The number of hydrogen-bond acceptors (Lipinski definition) is 5. The Morgan fingerprint density at radius 2 is 1.52 bits per heavy atom. The van der Waals surface area contributed by atoms with Crippen LogP contribution >= 0.6 is 0 Å². The first-order chi connectivity index (χ1) is 21.4. The fraction of sp³-hybridized carbons (Fsp3) is 0.417. The van der Waals surface area contributed by atoms with E-state index in [2.05, 4.69) is 11.4 Å². The van der Waals surface area contributed by atoms with Crippen molar-refractivity contribution in [3.8, 4) is 11.5 Å². The highest BCUT2D eigenvalue weighted by molar-refractivity contribution is 5.95. The van der Waals surface area contributed by atoms with Crippen molar-refractivity contribution in [3.63, 3.8) is 0 Å². The summed E-state index contributed by atoms with van der Waals surface area (Å²) in [4.78, 5) is 44.9. The van der Waals surface area contributed by atoms with Crippen LogP contribution in [0.4, 0.5) is 0 Å². The molecule has 1 aliphatic carbocycles. The lowest BCUT2D eigenvalue weighted by Crippen LogP contribution is -2.57. The van der Waals surface area contributed by atoms with Gasteiger partial charge < -0.3 is 24.6 Å². The predicted molar refractivity (Wildman–Crippen MR) is 170 cm³/mol. The second-order valence-corrected chi connectivity index (χ2v) is 11.9. The van der Waals surface area contributed by atoms with Crippen molar-refractivity contribution in [1.82, 2.24) is 15.1 Å². The van der Waals surface area contributed by atoms with Crippen LogP contribution in [0.2, 0.25) is 0 Å². The fourth-order valence-corrected chi connectivity index (χ4v) is 6.54. The number of methoxy groups -OCH3 is 2. The number of carbonyl (C=O) groups excluding carboxylic acids is 3. The SMILES string of the molecule is COc1ccc(CC(=O)N2CCC[C@H]2C(=O)N[C@@H]2CCCC[C@H]2N(Cc2cccc(C)c2)C(=O)c2ccc(OC)cc2)cc1. The normalized spacial score (nSPS) is 19.7. The van der Waals surface area contributed by atoms with E-state index in [4.69, 9.17) is 9.47 Å². The Hall–Kier alpha value is -4.33. The molecule has 2 fully saturated rings. The zero-order valence-electron chi connectivity index (χ0n) is 26.0. The van der Waals surface area contributed by atoms with Crippen LogP contribution in [0.3, 0.4) is 0 Å². The lowest BCUT2D eigenvalue weighted by Gasteiger charge is -2.41. The number of carbonyl (C=O) groups is 3. The molecule has 44 heavy (non-hydrogen) atoms. The van der Waals surface area contributed by atoms with E-state index in [9.17, 15) is 14.4 Å². The van der Waals surface area contributed by atoms with E-state index in [0.717, 1.165) is 54.5 Å². The standard InChI is InChI=1S/C36H43N3O5/c1-25-8-6-9-27(22-25)24-39(36(42)28-15-19-30(44-3)20-16-28)32-11-5-4-10-31(32)37-35(41)33-12-7-21-38(33)34(40)23-26-13-17-29(43-2)18-14-26/h6,8-9,13-20,22,31-33H,4-5,7,10-12,21,23-24H2,1-3H3,(H,37,41)/t31-,32-,33+/m1/s1. The van der Waals surface area contributed by atoms with E-state index in [-0.39, 0.29) is 36.2 Å². The van der Waals surface area contributed by atoms with Crippen LogP contribution in [0, 0.1) is 6.92 Å². The third kappa shape index (κ3) is 7.41. The third-order valence-corrected chi connectivity index (χ3v) is 8.88. The van der Waals surface area contributed by atoms with Crippen LogP contribution in [-0.4, -0.2) is 66.4 Å². The quantitative estimate of drug-likeness (QED) is 0.342. The molecule has 5 rings (SSSR count). The number of aryl methyl sites for hydroxylation is 1. The Balaban J connectivity index is 1.33. The smallest absolute Gasteiger partial charge is 0.254 e. The molecule has 1 N–H and O–H groups in total. The topological polar surface area (TPSA) is 88.2 Å². The Morgan fingerprint density at radius 3 is 2.20 bits per heavy atom. The minimum absolute atomic E-state index is 0.0521. The van der Waals surface area contributed by atoms with E-state index in [1.54, 1.807) is 43.4 Å². The van der Waals surface area contributed by atoms with Crippen molar-refractivity contribution in [1.29, 1.82) is 0 Å². The van der Waals surface area contributed by atoms with Crippen LogP contribution in [0.25, 0.3) is 0 Å². The molecule has 3 atom stereocenters. The number of hydrogen-bond donors (Lipinski definition) is 1. The van der Waals surface area contributed by atoms with Gasteiger partial charge in [-0.25, -0.2) is 0 Å². The summed E-state index contributed by atoms with van der Waals surface area (Å²) in [6.45, 7) is 3.06. The summed E-state index contributed by atoms with van der Waals surface area (Å²) in [5.41, 5.74) is 3.65. The molecule has 8 nitrogen and oxygen atoms in total. The zero-order chi connectivity index (χ0) is 31.1. The van der Waals surface area contributed by atoms with Gasteiger partial charge in [0.25, 0.3) is 5.91 Å². The number of rotatable bonds is 10. The number of benzene rings is 3. The second-order valence-electron chi connectivity index (χ2n) is 11.9. The Bertz CT molecular complexity index is 1440. The minimum Gasteiger partial charge on any atom is -0.497 e. The molecule has 1 saturated heterocycles. The van der Waals surface area contributed by atoms with Crippen molar-refractivity contribution in [3.05, 3.63) is 95.1 Å². The van der Waals surface area contributed by atoms with E-state index in [1.807, 2.05) is 54.3 Å². The van der Waals surface area contributed by atoms with Gasteiger partial charge in [0.1, 0.15) is 17.5 Å². The van der Waals surface area contributed by atoms with Gasteiger partial charge in [0, 0.05) is 24.7 Å². The van der Waals surface area contributed by atoms with Gasteiger partial charge in [-0.3, -0.25) is 14.4 Å². The molecule has 1 aliphatic heterocycles. The van der Waals surface area contributed by atoms with Gasteiger partial charge in [0.2, 0.25) is 11.8 Å². The van der Waals surface area contributed by atoms with E-state index in [0.29, 0.717) is 30.8 Å². The summed E-state index contributed by atoms with van der Waals surface area (Å²) < 4.78 is 10.5. The average Bonchev–Trinajstić information content (AvgIpc) is 3.55. The van der Waals surface area contributed by atoms with Gasteiger partial charge in [-0.1, -0.05) is 54.8 Å². The first-order valence-corrected chi connectivity index (χ1v) is 15.6. The Labute approximate surface area is 260 Å². The van der Waals surface area contributed by atoms with E-state index in [1.165, 1.54) is 0 Å². The summed E-state index contributed by atoms with van der Waals surface area (Å²) in [7, 11) is 3.22. The van der Waals surface area contributed by atoms with Crippen molar-refractivity contribution in [2.24, 2.45) is 0 Å². The van der Waals surface area contributed by atoms with Crippen molar-refractivity contribution in [2.75, 3.05) is 20.8 Å². The van der Waals surface area contributed by atoms with Crippen LogP contribution < -0.4 is 14.8 Å². The zero-order valence-corrected chi connectivity index (χ0v) is 26.0. The highest BCUT2D eigenvalue weighted by Gasteiger charge is 2.39. The van der Waals surface area contributed by atoms with Crippen LogP contribution in [-0.2, 0) is 22.6 Å². The third-order valence-electron chi connectivity index (χ3n) is 8.88. The van der Waals surface area contributed by atoms with Crippen LogP contribution in [0.15, 0.2) is 72.8 Å². The maximum Gasteiger partial charge on any atom is 0.254 e. The molecule has 3 amide bonds. The summed E-state index contributed by atoms with van der Waals surface area (Å²) in [5.74, 6) is 1.18. The molecule has 2 aliphatic rings. The average molecular weight is 598 g/mol. The van der Waals surface area contributed by atoms with E-state index >= 15 is 0 Å². The molecule has 0 spiro atoms. The molecule has 232 valence electrons. The first kappa shape index (κ1) is 31.1. The highest BCUT2D eigenvalue weighted by atomic mass is 16.5. The number of nitrogens with zero attached hydrogens (tertiary/aromatic N) is 2. The monoisotopic (exact) mass is 597 g/mol. The molecule has 0 radical (unpaired) electrons. The molecular weight excluding hydrogens is 554 g/mol. The second kappa shape index (κ2) is 14.4. The van der Waals surface area contributed by atoms with Gasteiger partial charge in [-0.05, 0) is 80.1 Å². The van der Waals surface area contributed by atoms with Gasteiger partial charge >= 0.3 is 0 Å². The molecule has 0 bridgehead atoms. The van der Waals surface area contributed by atoms with Crippen molar-refractivity contribution < 1.29 is 23.9 Å². The molecule has 8 heteroatoms. The number of nitrogens with one attached hydrogen (secondary N) is 1. The Kier molecular flexibility index (Phi) is 10.2. The highest BCUT2D eigenvalue weighted by Crippen LogP contribution is 2.28. The molecule has 3 aromatic rings. The maximum absolute atomic E-state index is 14.1. The van der Waals surface area contributed by atoms with Crippen molar-refractivity contribution >= 4 is 17.7 Å². The number of amides is 3. The summed E-state index contributed by atoms with van der Waals surface area (Å²) in [6, 6.07) is 22.0. The van der Waals surface area contributed by atoms with Crippen LogP contribution in [0.5, 0.6) is 11.5 Å². The lowest BCUT2D eigenvalue weighted by atomic mass is 9.88. The minimum atomic E-state index is -0.508. The fourth-order valence-electron chi connectivity index (χ4n) is 6.54. The largest absolute Gasteiger partial charge is 0.497 e. The number of ether oxygens (including phenoxy) is 2. The summed E-state index contributed by atoms with van der Waals surface area (Å²) in [6.07, 6.45) is 5.19. The van der Waals surface area contributed by atoms with E-state index < -0.39 is 6.04 Å². The number of likely N-dealkylation sites (tertiary alicyclic amines) is 1. The van der Waals surface area contributed by atoms with Gasteiger partial charge in [0.15, 0.2) is 0 Å². The summed E-state index contributed by atoms with van der Waals surface area (Å²) in [5, 5.41) is 3.31.